The summed E-state index contributed by atoms with van der Waals surface area (Å²) in [6.07, 6.45) is 0.561. The summed E-state index contributed by atoms with van der Waals surface area (Å²) in [5.74, 6) is -2.06. The van der Waals surface area contributed by atoms with Crippen molar-refractivity contribution in [2.24, 2.45) is 11.7 Å². The first-order chi connectivity index (χ1) is 8.45. The fraction of sp³-hybridized carbons (Fsp3) is 0.333. The van der Waals surface area contributed by atoms with Crippen molar-refractivity contribution < 1.29 is 19.8 Å². The third kappa shape index (κ3) is 3.46. The van der Waals surface area contributed by atoms with Gasteiger partial charge in [-0.25, -0.2) is 4.79 Å². The molecule has 0 fully saturated rings. The number of carboxylic acid groups (broad SMARTS) is 1. The highest BCUT2D eigenvalue weighted by atomic mass is 16.4. The van der Waals surface area contributed by atoms with Gasteiger partial charge in [0, 0.05) is 17.7 Å². The molecule has 18 heavy (non-hydrogen) atoms. The van der Waals surface area contributed by atoms with Crippen molar-refractivity contribution in [2.45, 2.75) is 13.3 Å². The lowest BCUT2D eigenvalue weighted by molar-refractivity contribution is -0.119. The van der Waals surface area contributed by atoms with Crippen LogP contribution in [0, 0.1) is 5.92 Å². The van der Waals surface area contributed by atoms with Crippen LogP contribution in [0.4, 0.5) is 5.69 Å². The van der Waals surface area contributed by atoms with Gasteiger partial charge in [-0.2, -0.15) is 0 Å². The fourth-order valence-corrected chi connectivity index (χ4v) is 1.44. The average molecular weight is 252 g/mol. The molecule has 0 bridgehead atoms. The monoisotopic (exact) mass is 252 g/mol. The second kappa shape index (κ2) is 6.02. The first kappa shape index (κ1) is 14.0. The molecular weight excluding hydrogens is 236 g/mol. The van der Waals surface area contributed by atoms with Crippen molar-refractivity contribution in [1.29, 1.82) is 0 Å². The van der Waals surface area contributed by atoms with E-state index in [9.17, 15) is 14.7 Å². The summed E-state index contributed by atoms with van der Waals surface area (Å²) in [5, 5.41) is 20.8. The number of aromatic hydroxyl groups is 1. The number of anilines is 1. The van der Waals surface area contributed by atoms with Gasteiger partial charge in [0.2, 0.25) is 5.91 Å². The minimum atomic E-state index is -1.22. The van der Waals surface area contributed by atoms with Gasteiger partial charge in [-0.05, 0) is 25.1 Å². The van der Waals surface area contributed by atoms with E-state index < -0.39 is 5.97 Å². The van der Waals surface area contributed by atoms with Gasteiger partial charge < -0.3 is 21.3 Å². The van der Waals surface area contributed by atoms with Crippen molar-refractivity contribution in [1.82, 2.24) is 0 Å². The molecule has 5 N–H and O–H groups in total. The number of carbonyl (C=O) groups excluding carboxylic acids is 1. The number of phenols is 1. The maximum Gasteiger partial charge on any atom is 0.339 e. The van der Waals surface area contributed by atoms with Crippen LogP contribution in [0.3, 0.4) is 0 Å². The lowest BCUT2D eigenvalue weighted by Gasteiger charge is -2.11. The van der Waals surface area contributed by atoms with Crippen LogP contribution in [-0.2, 0) is 4.79 Å². The Morgan fingerprint density at radius 1 is 1.44 bits per heavy atom. The van der Waals surface area contributed by atoms with Crippen LogP contribution in [0.15, 0.2) is 18.2 Å². The topological polar surface area (TPSA) is 113 Å². The number of carbonyl (C=O) groups is 2. The molecule has 6 nitrogen and oxygen atoms in total. The van der Waals surface area contributed by atoms with Gasteiger partial charge in [-0.15, -0.1) is 0 Å². The summed E-state index contributed by atoms with van der Waals surface area (Å²) in [7, 11) is 0. The van der Waals surface area contributed by atoms with Crippen LogP contribution in [0.25, 0.3) is 0 Å². The minimum absolute atomic E-state index is 0.206. The zero-order chi connectivity index (χ0) is 13.7. The molecule has 0 aliphatic rings. The molecule has 0 saturated carbocycles. The third-order valence-corrected chi connectivity index (χ3v) is 2.54. The predicted octanol–water partition coefficient (Wildman–Crippen LogP) is 1.01. The first-order valence-corrected chi connectivity index (χ1v) is 5.53. The molecule has 0 radical (unpaired) electrons. The van der Waals surface area contributed by atoms with E-state index >= 15 is 0 Å². The number of benzene rings is 1. The van der Waals surface area contributed by atoms with Crippen molar-refractivity contribution in [3.63, 3.8) is 0 Å². The van der Waals surface area contributed by atoms with Crippen LogP contribution in [0.5, 0.6) is 5.75 Å². The summed E-state index contributed by atoms with van der Waals surface area (Å²) in [5.41, 5.74) is 5.50. The molecule has 0 saturated heterocycles. The summed E-state index contributed by atoms with van der Waals surface area (Å²) < 4.78 is 0. The Balaban J connectivity index is 2.77. The van der Waals surface area contributed by atoms with Gasteiger partial charge in [-0.1, -0.05) is 6.92 Å². The molecule has 0 aliphatic carbocycles. The Bertz CT molecular complexity index is 459. The molecular formula is C12H16N2O4. The normalized spacial score (nSPS) is 11.9. The molecule has 1 aromatic carbocycles. The van der Waals surface area contributed by atoms with Gasteiger partial charge in [0.05, 0.1) is 0 Å². The van der Waals surface area contributed by atoms with Gasteiger partial charge in [0.15, 0.2) is 0 Å². The predicted molar refractivity (Wildman–Crippen MR) is 66.5 cm³/mol. The van der Waals surface area contributed by atoms with E-state index in [2.05, 4.69) is 5.32 Å². The number of rotatable bonds is 5. The van der Waals surface area contributed by atoms with Crippen molar-refractivity contribution >= 4 is 17.6 Å². The number of nitrogens with two attached hydrogens (primary N) is 1. The van der Waals surface area contributed by atoms with E-state index in [1.54, 1.807) is 6.92 Å². The van der Waals surface area contributed by atoms with E-state index in [1.807, 2.05) is 0 Å². The Hall–Kier alpha value is -2.08. The second-order valence-electron chi connectivity index (χ2n) is 4.00. The summed E-state index contributed by atoms with van der Waals surface area (Å²) >= 11 is 0. The highest BCUT2D eigenvalue weighted by Gasteiger charge is 2.14. The van der Waals surface area contributed by atoms with Crippen LogP contribution in [0.1, 0.15) is 23.7 Å². The molecule has 1 unspecified atom stereocenters. The van der Waals surface area contributed by atoms with Gasteiger partial charge >= 0.3 is 5.97 Å². The number of nitrogens with one attached hydrogen (secondary N) is 1. The standard InChI is InChI=1S/C12H16N2O4/c1-7(4-5-13)11(16)14-8-2-3-9(12(17)18)10(15)6-8/h2-3,6-7,15H,4-5,13H2,1H3,(H,14,16)(H,17,18). The first-order valence-electron chi connectivity index (χ1n) is 5.53. The van der Waals surface area contributed by atoms with E-state index in [4.69, 9.17) is 10.8 Å². The van der Waals surface area contributed by atoms with Crippen LogP contribution in [-0.4, -0.2) is 28.6 Å². The fourth-order valence-electron chi connectivity index (χ4n) is 1.44. The number of aromatic carboxylic acids is 1. The van der Waals surface area contributed by atoms with Gasteiger partial charge in [0.1, 0.15) is 11.3 Å². The summed E-state index contributed by atoms with van der Waals surface area (Å²) in [6.45, 7) is 2.16. The number of carboxylic acids is 1. The molecule has 6 heteroatoms. The quantitative estimate of drug-likeness (QED) is 0.624. The Morgan fingerprint density at radius 3 is 2.61 bits per heavy atom. The van der Waals surface area contributed by atoms with Crippen LogP contribution in [0.2, 0.25) is 0 Å². The Labute approximate surface area is 104 Å². The number of hydrogen-bond donors (Lipinski definition) is 4. The zero-order valence-corrected chi connectivity index (χ0v) is 10.0. The SMILES string of the molecule is CC(CCN)C(=O)Nc1ccc(C(=O)O)c(O)c1. The molecule has 0 heterocycles. The second-order valence-corrected chi connectivity index (χ2v) is 4.00. The van der Waals surface area contributed by atoms with E-state index in [1.165, 1.54) is 18.2 Å². The average Bonchev–Trinajstić information content (AvgIpc) is 2.28. The maximum absolute atomic E-state index is 11.7. The maximum atomic E-state index is 11.7. The molecule has 0 aliphatic heterocycles. The van der Waals surface area contributed by atoms with E-state index in [-0.39, 0.29) is 23.1 Å². The van der Waals surface area contributed by atoms with Crippen molar-refractivity contribution in [3.05, 3.63) is 23.8 Å². The highest BCUT2D eigenvalue weighted by Crippen LogP contribution is 2.22. The lowest BCUT2D eigenvalue weighted by Crippen LogP contribution is -2.22. The molecule has 0 spiro atoms. The summed E-state index contributed by atoms with van der Waals surface area (Å²) in [6, 6.07) is 3.87. The smallest absolute Gasteiger partial charge is 0.339 e. The zero-order valence-electron chi connectivity index (χ0n) is 10.0. The van der Waals surface area contributed by atoms with Gasteiger partial charge in [0.25, 0.3) is 0 Å². The molecule has 1 amide bonds. The van der Waals surface area contributed by atoms with Crippen LogP contribution >= 0.6 is 0 Å². The lowest BCUT2D eigenvalue weighted by atomic mass is 10.1. The minimum Gasteiger partial charge on any atom is -0.507 e. The van der Waals surface area contributed by atoms with Crippen molar-refractivity contribution in [3.8, 4) is 5.75 Å². The highest BCUT2D eigenvalue weighted by molar-refractivity contribution is 5.95. The number of amides is 1. The van der Waals surface area contributed by atoms with E-state index in [0.717, 1.165) is 0 Å². The largest absolute Gasteiger partial charge is 0.507 e. The molecule has 98 valence electrons. The number of hydrogen-bond acceptors (Lipinski definition) is 4. The van der Waals surface area contributed by atoms with Gasteiger partial charge in [-0.3, -0.25) is 4.79 Å². The molecule has 0 aromatic heterocycles. The Morgan fingerprint density at radius 2 is 2.11 bits per heavy atom. The Kier molecular flexibility index (Phi) is 4.67. The summed E-state index contributed by atoms with van der Waals surface area (Å²) in [4.78, 5) is 22.4. The van der Waals surface area contributed by atoms with Crippen molar-refractivity contribution in [2.75, 3.05) is 11.9 Å². The molecule has 1 aromatic rings. The third-order valence-electron chi connectivity index (χ3n) is 2.54. The molecule has 1 rings (SSSR count). The molecule has 1 atom stereocenters. The van der Waals surface area contributed by atoms with Crippen LogP contribution < -0.4 is 11.1 Å². The van der Waals surface area contributed by atoms with E-state index in [0.29, 0.717) is 18.7 Å².